The summed E-state index contributed by atoms with van der Waals surface area (Å²) in [5, 5.41) is 0.924. The number of rotatable bonds is 4. The Morgan fingerprint density at radius 3 is 2.35 bits per heavy atom. The fraction of sp³-hybridized carbons (Fsp3) is 0.500. The Morgan fingerprint density at radius 2 is 1.68 bits per heavy atom. The molecule has 2 fully saturated rings. The lowest BCUT2D eigenvalue weighted by Crippen LogP contribution is -2.46. The maximum Gasteiger partial charge on any atom is 0.229 e. The van der Waals surface area contributed by atoms with Crippen LogP contribution in [0.5, 0.6) is 0 Å². The predicted octanol–water partition coefficient (Wildman–Crippen LogP) is 2.19. The van der Waals surface area contributed by atoms with Gasteiger partial charge in [0.05, 0.1) is 50.4 Å². The van der Waals surface area contributed by atoms with Gasteiger partial charge in [0, 0.05) is 13.1 Å². The Balaban J connectivity index is 1.64. The number of anilines is 2. The number of hydrogen-bond donors (Lipinski definition) is 1. The third-order valence-corrected chi connectivity index (χ3v) is 5.91. The van der Waals surface area contributed by atoms with Crippen LogP contribution >= 0.6 is 0 Å². The van der Waals surface area contributed by atoms with Gasteiger partial charge < -0.3 is 29.4 Å². The average Bonchev–Trinajstić information content (AvgIpc) is 3.28. The highest BCUT2D eigenvalue weighted by Gasteiger charge is 2.27. The highest BCUT2D eigenvalue weighted by Crippen LogP contribution is 2.31. The number of fused-ring (bicyclic) bond motifs is 1. The molecule has 0 aliphatic carbocycles. The first-order valence-electron chi connectivity index (χ1n) is 10.8. The summed E-state index contributed by atoms with van der Waals surface area (Å²) in [5.41, 5.74) is 7.08. The Morgan fingerprint density at radius 1 is 0.935 bits per heavy atom. The maximum atomic E-state index is 5.81. The molecule has 2 atom stereocenters. The molecule has 0 aromatic carbocycles. The molecule has 31 heavy (non-hydrogen) atoms. The van der Waals surface area contributed by atoms with Gasteiger partial charge in [-0.2, -0.15) is 9.97 Å². The van der Waals surface area contributed by atoms with Crippen molar-refractivity contribution < 1.29 is 13.9 Å². The highest BCUT2D eigenvalue weighted by molar-refractivity contribution is 5.89. The normalized spacial score (nSPS) is 22.3. The van der Waals surface area contributed by atoms with E-state index in [1.807, 2.05) is 24.3 Å². The van der Waals surface area contributed by atoms with Crippen LogP contribution in [0.2, 0.25) is 0 Å². The van der Waals surface area contributed by atoms with Crippen molar-refractivity contribution in [3.05, 3.63) is 30.0 Å². The molecule has 3 aromatic heterocycles. The summed E-state index contributed by atoms with van der Waals surface area (Å²) in [5.74, 6) is 2.99. The van der Waals surface area contributed by atoms with Gasteiger partial charge in [0.1, 0.15) is 17.3 Å². The van der Waals surface area contributed by atoms with E-state index in [1.165, 1.54) is 0 Å². The average molecular weight is 425 g/mol. The molecule has 0 amide bonds. The number of morpholine rings is 2. The van der Waals surface area contributed by atoms with Crippen LogP contribution < -0.4 is 15.5 Å². The second kappa shape index (κ2) is 8.41. The van der Waals surface area contributed by atoms with Crippen molar-refractivity contribution in [3.63, 3.8) is 0 Å². The molecule has 9 nitrogen and oxygen atoms in total. The summed E-state index contributed by atoms with van der Waals surface area (Å²) < 4.78 is 17.1. The minimum absolute atomic E-state index is 0.196. The quantitative estimate of drug-likeness (QED) is 0.675. The maximum absolute atomic E-state index is 5.81. The van der Waals surface area contributed by atoms with E-state index in [-0.39, 0.29) is 12.1 Å². The lowest BCUT2D eigenvalue weighted by atomic mass is 10.2. The van der Waals surface area contributed by atoms with Crippen LogP contribution in [0.1, 0.15) is 19.6 Å². The van der Waals surface area contributed by atoms with E-state index >= 15 is 0 Å². The van der Waals surface area contributed by atoms with Gasteiger partial charge in [-0.05, 0) is 38.1 Å². The summed E-state index contributed by atoms with van der Waals surface area (Å²) in [4.78, 5) is 19.2. The molecule has 2 saturated heterocycles. The number of aromatic nitrogens is 3. The molecular formula is C22H28N6O3. The fourth-order valence-electron chi connectivity index (χ4n) is 4.16. The molecule has 2 aliphatic rings. The third kappa shape index (κ3) is 3.84. The van der Waals surface area contributed by atoms with E-state index in [0.717, 1.165) is 35.7 Å². The van der Waals surface area contributed by atoms with Gasteiger partial charge in [-0.1, -0.05) is 0 Å². The van der Waals surface area contributed by atoms with E-state index in [2.05, 4.69) is 23.6 Å². The zero-order valence-electron chi connectivity index (χ0n) is 18.0. The number of furan rings is 1. The molecule has 5 heterocycles. The lowest BCUT2D eigenvalue weighted by Gasteiger charge is -2.37. The first-order chi connectivity index (χ1) is 15.1. The Kier molecular flexibility index (Phi) is 5.47. The topological polar surface area (TPSA) is 103 Å². The Labute approximate surface area is 181 Å². The fourth-order valence-corrected chi connectivity index (χ4v) is 4.16. The van der Waals surface area contributed by atoms with E-state index in [0.29, 0.717) is 50.3 Å². The van der Waals surface area contributed by atoms with Crippen molar-refractivity contribution in [1.82, 2.24) is 15.0 Å². The SMILES string of the molecule is C[C@H]1COCCN1c1nc(N2CCOC[C@@H]2C)c2ccc(-c3ccc(CN)o3)nc2n1. The van der Waals surface area contributed by atoms with Crippen molar-refractivity contribution in [1.29, 1.82) is 0 Å². The van der Waals surface area contributed by atoms with Crippen molar-refractivity contribution >= 4 is 22.8 Å². The number of hydrogen-bond acceptors (Lipinski definition) is 9. The molecule has 0 unspecified atom stereocenters. The molecule has 9 heteroatoms. The minimum Gasteiger partial charge on any atom is -0.458 e. The molecule has 2 aliphatic heterocycles. The second-order valence-corrected chi connectivity index (χ2v) is 8.12. The molecule has 0 bridgehead atoms. The van der Waals surface area contributed by atoms with Gasteiger partial charge >= 0.3 is 0 Å². The van der Waals surface area contributed by atoms with Crippen molar-refractivity contribution in [2.75, 3.05) is 49.3 Å². The molecule has 0 spiro atoms. The summed E-state index contributed by atoms with van der Waals surface area (Å²) in [7, 11) is 0. The van der Waals surface area contributed by atoms with Crippen molar-refractivity contribution in [2.24, 2.45) is 5.73 Å². The van der Waals surface area contributed by atoms with Crippen LogP contribution in [0.15, 0.2) is 28.7 Å². The van der Waals surface area contributed by atoms with Crippen LogP contribution in [-0.4, -0.2) is 66.6 Å². The summed E-state index contributed by atoms with van der Waals surface area (Å²) >= 11 is 0. The molecular weight excluding hydrogens is 396 g/mol. The van der Waals surface area contributed by atoms with Crippen molar-refractivity contribution in [2.45, 2.75) is 32.5 Å². The van der Waals surface area contributed by atoms with Gasteiger partial charge in [-0.3, -0.25) is 0 Å². The zero-order valence-corrected chi connectivity index (χ0v) is 18.0. The first kappa shape index (κ1) is 20.2. The first-order valence-corrected chi connectivity index (χ1v) is 10.8. The summed E-state index contributed by atoms with van der Waals surface area (Å²) in [6.07, 6.45) is 0. The Bertz CT molecular complexity index is 1070. The number of nitrogens with zero attached hydrogens (tertiary/aromatic N) is 5. The highest BCUT2D eigenvalue weighted by atomic mass is 16.5. The Hall–Kier alpha value is -2.75. The van der Waals surface area contributed by atoms with E-state index < -0.39 is 0 Å². The largest absolute Gasteiger partial charge is 0.458 e. The van der Waals surface area contributed by atoms with Crippen LogP contribution in [0.25, 0.3) is 22.5 Å². The van der Waals surface area contributed by atoms with Crippen LogP contribution in [0.3, 0.4) is 0 Å². The molecule has 3 aromatic rings. The number of nitrogens with two attached hydrogens (primary N) is 1. The van der Waals surface area contributed by atoms with Gasteiger partial charge in [-0.25, -0.2) is 4.98 Å². The minimum atomic E-state index is 0.196. The van der Waals surface area contributed by atoms with Gasteiger partial charge in [0.15, 0.2) is 11.4 Å². The van der Waals surface area contributed by atoms with Gasteiger partial charge in [0.2, 0.25) is 5.95 Å². The molecule has 5 rings (SSSR count). The second-order valence-electron chi connectivity index (χ2n) is 8.12. The van der Waals surface area contributed by atoms with E-state index in [1.54, 1.807) is 0 Å². The van der Waals surface area contributed by atoms with Crippen LogP contribution in [0.4, 0.5) is 11.8 Å². The predicted molar refractivity (Wildman–Crippen MR) is 118 cm³/mol. The smallest absolute Gasteiger partial charge is 0.229 e. The zero-order chi connectivity index (χ0) is 21.4. The monoisotopic (exact) mass is 424 g/mol. The van der Waals surface area contributed by atoms with Crippen molar-refractivity contribution in [3.8, 4) is 11.5 Å². The summed E-state index contributed by atoms with van der Waals surface area (Å²) in [6.45, 7) is 8.85. The van der Waals surface area contributed by atoms with Gasteiger partial charge in [0.25, 0.3) is 0 Å². The molecule has 0 saturated carbocycles. The van der Waals surface area contributed by atoms with Crippen LogP contribution in [-0.2, 0) is 16.0 Å². The number of ether oxygens (including phenoxy) is 2. The van der Waals surface area contributed by atoms with Gasteiger partial charge in [-0.15, -0.1) is 0 Å². The standard InChI is InChI=1S/C22H28N6O3/c1-14-12-29-9-7-27(14)21-17-4-5-18(19-6-3-16(11-23)31-19)24-20(17)25-22(26-21)28-8-10-30-13-15(28)2/h3-6,14-15H,7-13,23H2,1-2H3/t14-,15-/m0/s1. The van der Waals surface area contributed by atoms with E-state index in [9.17, 15) is 0 Å². The van der Waals surface area contributed by atoms with E-state index in [4.69, 9.17) is 34.6 Å². The number of pyridine rings is 1. The van der Waals surface area contributed by atoms with Crippen LogP contribution in [0, 0.1) is 0 Å². The lowest BCUT2D eigenvalue weighted by molar-refractivity contribution is 0.0973. The summed E-state index contributed by atoms with van der Waals surface area (Å²) in [6, 6.07) is 8.18. The molecule has 0 radical (unpaired) electrons. The molecule has 2 N–H and O–H groups in total. The third-order valence-electron chi connectivity index (χ3n) is 5.91. The molecule has 164 valence electrons.